The van der Waals surface area contributed by atoms with Gasteiger partial charge in [-0.05, 0) is 12.1 Å². The van der Waals surface area contributed by atoms with E-state index in [1.807, 2.05) is 13.8 Å². The fourth-order valence-electron chi connectivity index (χ4n) is 1.28. The summed E-state index contributed by atoms with van der Waals surface area (Å²) in [4.78, 5) is 11.1. The first-order chi connectivity index (χ1) is 7.87. The molecule has 0 aliphatic heterocycles. The molecule has 3 N–H and O–H groups in total. The first-order valence-electron chi connectivity index (χ1n) is 5.24. The van der Waals surface area contributed by atoms with Crippen molar-refractivity contribution in [2.75, 3.05) is 18.5 Å². The Morgan fingerprint density at radius 2 is 2.12 bits per heavy atom. The van der Waals surface area contributed by atoms with Crippen LogP contribution in [0.4, 0.5) is 5.69 Å². The summed E-state index contributed by atoms with van der Waals surface area (Å²) < 4.78 is 0. The first-order valence-corrected chi connectivity index (χ1v) is 5.62. The fraction of sp³-hybridized carbons (Fsp3) is 0.417. The number of aliphatic hydroxyl groups is 1. The Morgan fingerprint density at radius 1 is 1.47 bits per heavy atom. The fourth-order valence-corrected chi connectivity index (χ4v) is 1.53. The molecule has 0 atom stereocenters. The molecule has 0 aliphatic carbocycles. The summed E-state index contributed by atoms with van der Waals surface area (Å²) in [6, 6.07) is 4.87. The molecular weight excluding hydrogens is 242 g/mol. The third-order valence-corrected chi connectivity index (χ3v) is 2.73. The number of hydrogen-bond acceptors (Lipinski definition) is 3. The number of carbonyl (C=O) groups is 1. The van der Waals surface area contributed by atoms with Gasteiger partial charge in [0.25, 0.3) is 0 Å². The summed E-state index contributed by atoms with van der Waals surface area (Å²) in [6.07, 6.45) is 0. The zero-order chi connectivity index (χ0) is 13.1. The summed E-state index contributed by atoms with van der Waals surface area (Å²) >= 11 is 5.84. The smallest absolute Gasteiger partial charge is 0.339 e. The molecule has 0 spiro atoms. The van der Waals surface area contributed by atoms with E-state index >= 15 is 0 Å². The van der Waals surface area contributed by atoms with E-state index in [0.717, 1.165) is 0 Å². The summed E-state index contributed by atoms with van der Waals surface area (Å²) in [6.45, 7) is 4.24. The van der Waals surface area contributed by atoms with Crippen LogP contribution >= 0.6 is 11.6 Å². The summed E-state index contributed by atoms with van der Waals surface area (Å²) in [5.74, 6) is -1.07. The van der Waals surface area contributed by atoms with Crippen molar-refractivity contribution in [2.45, 2.75) is 13.8 Å². The van der Waals surface area contributed by atoms with Gasteiger partial charge in [-0.2, -0.15) is 0 Å². The number of carboxylic acids is 1. The Balaban J connectivity index is 2.92. The van der Waals surface area contributed by atoms with Crippen LogP contribution < -0.4 is 5.32 Å². The first kappa shape index (κ1) is 13.8. The minimum absolute atomic E-state index is 0.0168. The number of carboxylic acid groups (broad SMARTS) is 1. The molecule has 0 saturated carbocycles. The number of aliphatic hydroxyl groups excluding tert-OH is 1. The molecule has 1 aromatic rings. The van der Waals surface area contributed by atoms with Gasteiger partial charge in [-0.15, -0.1) is 0 Å². The lowest BCUT2D eigenvalue weighted by atomic mass is 9.95. The van der Waals surface area contributed by atoms with Crippen molar-refractivity contribution in [3.63, 3.8) is 0 Å². The number of anilines is 1. The van der Waals surface area contributed by atoms with Gasteiger partial charge in [0.1, 0.15) is 5.56 Å². The monoisotopic (exact) mass is 257 g/mol. The molecule has 0 aromatic heterocycles. The highest BCUT2D eigenvalue weighted by Crippen LogP contribution is 2.25. The molecule has 0 unspecified atom stereocenters. The highest BCUT2D eigenvalue weighted by molar-refractivity contribution is 6.34. The van der Waals surface area contributed by atoms with Crippen LogP contribution in [-0.2, 0) is 0 Å². The molecule has 1 aromatic carbocycles. The van der Waals surface area contributed by atoms with Gasteiger partial charge >= 0.3 is 5.97 Å². The van der Waals surface area contributed by atoms with Gasteiger partial charge in [-0.3, -0.25) is 0 Å². The summed E-state index contributed by atoms with van der Waals surface area (Å²) in [7, 11) is 0. The van der Waals surface area contributed by atoms with Crippen LogP contribution in [0.5, 0.6) is 0 Å². The van der Waals surface area contributed by atoms with E-state index in [1.165, 1.54) is 6.07 Å². The van der Waals surface area contributed by atoms with Crippen molar-refractivity contribution in [1.29, 1.82) is 0 Å². The maximum absolute atomic E-state index is 11.1. The molecule has 1 rings (SSSR count). The van der Waals surface area contributed by atoms with Crippen LogP contribution in [0.25, 0.3) is 0 Å². The van der Waals surface area contributed by atoms with Crippen molar-refractivity contribution in [2.24, 2.45) is 5.41 Å². The Bertz CT molecular complexity index is 418. The largest absolute Gasteiger partial charge is 0.478 e. The normalized spacial score (nSPS) is 11.3. The van der Waals surface area contributed by atoms with Crippen molar-refractivity contribution in [3.8, 4) is 0 Å². The summed E-state index contributed by atoms with van der Waals surface area (Å²) in [5, 5.41) is 21.4. The van der Waals surface area contributed by atoms with Gasteiger partial charge in [-0.25, -0.2) is 4.79 Å². The molecule has 5 heteroatoms. The third-order valence-electron chi connectivity index (χ3n) is 2.41. The van der Waals surface area contributed by atoms with E-state index in [-0.39, 0.29) is 22.6 Å². The van der Waals surface area contributed by atoms with Crippen LogP contribution in [0.2, 0.25) is 5.02 Å². The molecule has 0 radical (unpaired) electrons. The molecule has 17 heavy (non-hydrogen) atoms. The zero-order valence-corrected chi connectivity index (χ0v) is 10.6. The van der Waals surface area contributed by atoms with Crippen LogP contribution in [0.15, 0.2) is 18.2 Å². The molecule has 0 bridgehead atoms. The zero-order valence-electron chi connectivity index (χ0n) is 9.83. The highest BCUT2D eigenvalue weighted by atomic mass is 35.5. The highest BCUT2D eigenvalue weighted by Gasteiger charge is 2.19. The van der Waals surface area contributed by atoms with E-state index in [4.69, 9.17) is 21.8 Å². The maximum atomic E-state index is 11.1. The van der Waals surface area contributed by atoms with Gasteiger partial charge in [0.15, 0.2) is 0 Å². The lowest BCUT2D eigenvalue weighted by molar-refractivity contribution is 0.0698. The van der Waals surface area contributed by atoms with E-state index in [0.29, 0.717) is 12.2 Å². The van der Waals surface area contributed by atoms with Gasteiger partial charge in [0, 0.05) is 18.6 Å². The number of halogens is 1. The second-order valence-corrected chi connectivity index (χ2v) is 5.05. The predicted molar refractivity (Wildman–Crippen MR) is 67.8 cm³/mol. The second kappa shape index (κ2) is 5.38. The van der Waals surface area contributed by atoms with Crippen molar-refractivity contribution >= 4 is 23.3 Å². The lowest BCUT2D eigenvalue weighted by Gasteiger charge is -2.23. The van der Waals surface area contributed by atoms with Gasteiger partial charge in [0.05, 0.1) is 10.7 Å². The van der Waals surface area contributed by atoms with Crippen LogP contribution in [-0.4, -0.2) is 29.3 Å². The standard InChI is InChI=1S/C12H16ClNO3/c1-12(2,7-15)6-14-9-5-3-4-8(13)10(9)11(16)17/h3-5,14-15H,6-7H2,1-2H3,(H,16,17). The average Bonchev–Trinajstić information content (AvgIpc) is 2.26. The van der Waals surface area contributed by atoms with E-state index < -0.39 is 5.97 Å². The SMILES string of the molecule is CC(C)(CO)CNc1cccc(Cl)c1C(=O)O. The molecule has 0 amide bonds. The summed E-state index contributed by atoms with van der Waals surface area (Å²) in [5.41, 5.74) is 0.201. The Hall–Kier alpha value is -1.26. The second-order valence-electron chi connectivity index (χ2n) is 4.64. The van der Waals surface area contributed by atoms with Crippen LogP contribution in [0.3, 0.4) is 0 Å². The van der Waals surface area contributed by atoms with Gasteiger partial charge in [0.2, 0.25) is 0 Å². The molecule has 0 aliphatic rings. The van der Waals surface area contributed by atoms with Crippen LogP contribution in [0.1, 0.15) is 24.2 Å². The Labute approximate surface area is 105 Å². The number of hydrogen-bond donors (Lipinski definition) is 3. The molecule has 94 valence electrons. The van der Waals surface area contributed by atoms with Gasteiger partial charge in [-0.1, -0.05) is 31.5 Å². The average molecular weight is 258 g/mol. The van der Waals surface area contributed by atoms with Crippen LogP contribution in [0, 0.1) is 5.41 Å². The Morgan fingerprint density at radius 3 is 2.65 bits per heavy atom. The minimum Gasteiger partial charge on any atom is -0.478 e. The Kier molecular flexibility index (Phi) is 4.37. The maximum Gasteiger partial charge on any atom is 0.339 e. The number of benzene rings is 1. The lowest BCUT2D eigenvalue weighted by Crippen LogP contribution is -2.27. The molecule has 0 saturated heterocycles. The van der Waals surface area contributed by atoms with Crippen molar-refractivity contribution < 1.29 is 15.0 Å². The number of aromatic carboxylic acids is 1. The van der Waals surface area contributed by atoms with E-state index in [1.54, 1.807) is 12.1 Å². The number of rotatable bonds is 5. The van der Waals surface area contributed by atoms with Crippen molar-refractivity contribution in [3.05, 3.63) is 28.8 Å². The third kappa shape index (κ3) is 3.61. The minimum atomic E-state index is -1.07. The number of nitrogens with one attached hydrogen (secondary N) is 1. The quantitative estimate of drug-likeness (QED) is 0.758. The van der Waals surface area contributed by atoms with E-state index in [9.17, 15) is 4.79 Å². The molecule has 0 fully saturated rings. The predicted octanol–water partition coefficient (Wildman–Crippen LogP) is 2.47. The molecule has 4 nitrogen and oxygen atoms in total. The van der Waals surface area contributed by atoms with Crippen molar-refractivity contribution in [1.82, 2.24) is 0 Å². The van der Waals surface area contributed by atoms with E-state index in [2.05, 4.69) is 5.32 Å². The van der Waals surface area contributed by atoms with Gasteiger partial charge < -0.3 is 15.5 Å². The molecule has 0 heterocycles. The molecular formula is C12H16ClNO3. The topological polar surface area (TPSA) is 69.6 Å².